The topological polar surface area (TPSA) is 71.6 Å². The first kappa shape index (κ1) is 19.6. The van der Waals surface area contributed by atoms with Gasteiger partial charge < -0.3 is 10.6 Å². The largest absolute Gasteiger partial charge is 0.303 e. The molecular weight excluding hydrogens is 391 g/mol. The lowest BCUT2D eigenvalue weighted by molar-refractivity contribution is -0.119. The molecule has 2 aliphatic rings. The van der Waals surface area contributed by atoms with Gasteiger partial charge in [-0.05, 0) is 61.1 Å². The minimum Gasteiger partial charge on any atom is -0.303 e. The van der Waals surface area contributed by atoms with Gasteiger partial charge in [0, 0.05) is 17.3 Å². The fourth-order valence-electron chi connectivity index (χ4n) is 4.51. The van der Waals surface area contributed by atoms with Crippen LogP contribution in [-0.4, -0.2) is 22.8 Å². The van der Waals surface area contributed by atoms with Gasteiger partial charge in [0.25, 0.3) is 5.91 Å². The van der Waals surface area contributed by atoms with Crippen LogP contribution in [0.3, 0.4) is 0 Å². The molecule has 0 spiro atoms. The van der Waals surface area contributed by atoms with Gasteiger partial charge >= 0.3 is 0 Å². The number of hydrogen-bond acceptors (Lipinski definition) is 4. The first-order valence-corrected chi connectivity index (χ1v) is 10.6. The van der Waals surface area contributed by atoms with Crippen molar-refractivity contribution >= 4 is 17.3 Å². The van der Waals surface area contributed by atoms with Crippen molar-refractivity contribution in [3.05, 3.63) is 94.6 Å². The van der Waals surface area contributed by atoms with Crippen molar-refractivity contribution in [2.75, 3.05) is 4.90 Å². The molecule has 2 aromatic carbocycles. The number of para-hydroxylation sites is 1. The molecule has 2 heterocycles. The fourth-order valence-corrected chi connectivity index (χ4v) is 4.51. The van der Waals surface area contributed by atoms with Gasteiger partial charge in [-0.25, -0.2) is 4.39 Å². The SMILES string of the molecule is NC1N=C(c2ccccc2F)c2ccccc2N(Cc2nccc3c2CCCC3)C1=O. The number of nitrogens with two attached hydrogens (primary N) is 1. The van der Waals surface area contributed by atoms with Crippen molar-refractivity contribution in [1.29, 1.82) is 0 Å². The summed E-state index contributed by atoms with van der Waals surface area (Å²) in [6.45, 7) is 0.312. The minimum absolute atomic E-state index is 0.312. The summed E-state index contributed by atoms with van der Waals surface area (Å²) >= 11 is 0. The van der Waals surface area contributed by atoms with Crippen LogP contribution in [0.4, 0.5) is 10.1 Å². The van der Waals surface area contributed by atoms with Gasteiger partial charge in [0.2, 0.25) is 0 Å². The van der Waals surface area contributed by atoms with Crippen molar-refractivity contribution in [3.63, 3.8) is 0 Å². The van der Waals surface area contributed by atoms with Crippen LogP contribution in [0, 0.1) is 5.82 Å². The van der Waals surface area contributed by atoms with E-state index in [9.17, 15) is 9.18 Å². The third kappa shape index (κ3) is 3.53. The predicted molar refractivity (Wildman–Crippen MR) is 119 cm³/mol. The third-order valence-electron chi connectivity index (χ3n) is 6.04. The number of aryl methyl sites for hydroxylation is 1. The number of benzodiazepines with no additional fused rings is 1. The highest BCUT2D eigenvalue weighted by atomic mass is 19.1. The average Bonchev–Trinajstić information content (AvgIpc) is 2.90. The molecular formula is C25H23FN4O. The van der Waals surface area contributed by atoms with Crippen LogP contribution in [-0.2, 0) is 24.2 Å². The number of carbonyl (C=O) groups is 1. The van der Waals surface area contributed by atoms with E-state index in [0.717, 1.165) is 25.0 Å². The van der Waals surface area contributed by atoms with Crippen molar-refractivity contribution in [2.45, 2.75) is 38.4 Å². The van der Waals surface area contributed by atoms with Gasteiger partial charge in [0.15, 0.2) is 6.17 Å². The number of pyridine rings is 1. The molecule has 3 aromatic rings. The summed E-state index contributed by atoms with van der Waals surface area (Å²) < 4.78 is 14.6. The van der Waals surface area contributed by atoms with Crippen LogP contribution < -0.4 is 10.6 Å². The molecule has 2 N–H and O–H groups in total. The molecule has 31 heavy (non-hydrogen) atoms. The number of hydrogen-bond donors (Lipinski definition) is 1. The summed E-state index contributed by atoms with van der Waals surface area (Å²) in [5.74, 6) is -0.725. The normalized spacial score (nSPS) is 18.1. The van der Waals surface area contributed by atoms with E-state index in [1.54, 1.807) is 23.1 Å². The maximum Gasteiger partial charge on any atom is 0.266 e. The number of aliphatic imine (C=N–C) groups is 1. The summed E-state index contributed by atoms with van der Waals surface area (Å²) in [5.41, 5.74) is 11.7. The lowest BCUT2D eigenvalue weighted by atomic mass is 9.91. The zero-order valence-corrected chi connectivity index (χ0v) is 17.1. The van der Waals surface area contributed by atoms with E-state index in [0.29, 0.717) is 29.1 Å². The molecule has 1 aliphatic heterocycles. The molecule has 1 aliphatic carbocycles. The van der Waals surface area contributed by atoms with Crippen LogP contribution >= 0.6 is 0 Å². The molecule has 0 fully saturated rings. The molecule has 5 rings (SSSR count). The Balaban J connectivity index is 1.62. The summed E-state index contributed by atoms with van der Waals surface area (Å²) in [4.78, 5) is 24.0. The second-order valence-corrected chi connectivity index (χ2v) is 7.95. The third-order valence-corrected chi connectivity index (χ3v) is 6.04. The molecule has 0 radical (unpaired) electrons. The molecule has 5 nitrogen and oxygen atoms in total. The van der Waals surface area contributed by atoms with Crippen LogP contribution in [0.5, 0.6) is 0 Å². The zero-order chi connectivity index (χ0) is 21.4. The average molecular weight is 414 g/mol. The van der Waals surface area contributed by atoms with Gasteiger partial charge in [0.1, 0.15) is 5.82 Å². The maximum atomic E-state index is 14.6. The highest BCUT2D eigenvalue weighted by molar-refractivity contribution is 6.20. The number of aromatic nitrogens is 1. The van der Waals surface area contributed by atoms with Crippen LogP contribution in [0.25, 0.3) is 0 Å². The summed E-state index contributed by atoms with van der Waals surface area (Å²) in [7, 11) is 0. The highest BCUT2D eigenvalue weighted by Crippen LogP contribution is 2.31. The number of benzene rings is 2. The molecule has 0 bridgehead atoms. The summed E-state index contributed by atoms with van der Waals surface area (Å²) in [6, 6.07) is 15.9. The molecule has 1 aromatic heterocycles. The van der Waals surface area contributed by atoms with E-state index in [4.69, 9.17) is 5.73 Å². The number of carbonyl (C=O) groups excluding carboxylic acids is 1. The molecule has 156 valence electrons. The zero-order valence-electron chi connectivity index (χ0n) is 17.1. The lowest BCUT2D eigenvalue weighted by Crippen LogP contribution is -2.42. The van der Waals surface area contributed by atoms with E-state index in [2.05, 4.69) is 16.0 Å². The smallest absolute Gasteiger partial charge is 0.266 e. The summed E-state index contributed by atoms with van der Waals surface area (Å²) in [5, 5.41) is 0. The molecule has 6 heteroatoms. The Morgan fingerprint density at radius 1 is 1.00 bits per heavy atom. The van der Waals surface area contributed by atoms with Crippen molar-refractivity contribution in [2.24, 2.45) is 10.7 Å². The van der Waals surface area contributed by atoms with Gasteiger partial charge in [-0.1, -0.05) is 30.3 Å². The van der Waals surface area contributed by atoms with E-state index < -0.39 is 12.0 Å². The number of rotatable bonds is 3. The van der Waals surface area contributed by atoms with Gasteiger partial charge in [0.05, 0.1) is 23.6 Å². The number of halogens is 1. The first-order chi connectivity index (χ1) is 15.1. The molecule has 1 amide bonds. The Labute approximate surface area is 180 Å². The van der Waals surface area contributed by atoms with Crippen molar-refractivity contribution in [1.82, 2.24) is 4.98 Å². The molecule has 0 saturated heterocycles. The Morgan fingerprint density at radius 3 is 2.58 bits per heavy atom. The lowest BCUT2D eigenvalue weighted by Gasteiger charge is -2.26. The number of fused-ring (bicyclic) bond motifs is 2. The highest BCUT2D eigenvalue weighted by Gasteiger charge is 2.31. The Morgan fingerprint density at radius 2 is 1.74 bits per heavy atom. The van der Waals surface area contributed by atoms with E-state index in [1.165, 1.54) is 23.6 Å². The monoisotopic (exact) mass is 414 g/mol. The number of amides is 1. The van der Waals surface area contributed by atoms with Crippen LogP contribution in [0.2, 0.25) is 0 Å². The quantitative estimate of drug-likeness (QED) is 0.709. The van der Waals surface area contributed by atoms with Gasteiger partial charge in [-0.15, -0.1) is 0 Å². The van der Waals surface area contributed by atoms with Crippen LogP contribution in [0.1, 0.15) is 40.8 Å². The van der Waals surface area contributed by atoms with Gasteiger partial charge in [-0.2, -0.15) is 0 Å². The Hall–Kier alpha value is -3.38. The van der Waals surface area contributed by atoms with E-state index >= 15 is 0 Å². The molecule has 1 atom stereocenters. The van der Waals surface area contributed by atoms with Gasteiger partial charge in [-0.3, -0.25) is 14.8 Å². The Bertz CT molecular complexity index is 1190. The maximum absolute atomic E-state index is 14.6. The van der Waals surface area contributed by atoms with Crippen molar-refractivity contribution < 1.29 is 9.18 Å². The first-order valence-electron chi connectivity index (χ1n) is 10.6. The van der Waals surface area contributed by atoms with E-state index in [1.807, 2.05) is 30.5 Å². The van der Waals surface area contributed by atoms with Crippen molar-refractivity contribution in [3.8, 4) is 0 Å². The summed E-state index contributed by atoms with van der Waals surface area (Å²) in [6.07, 6.45) is 4.99. The Kier molecular flexibility index (Phi) is 5.08. The molecule has 1 unspecified atom stereocenters. The number of anilines is 1. The molecule has 0 saturated carbocycles. The fraction of sp³-hybridized carbons (Fsp3) is 0.240. The predicted octanol–water partition coefficient (Wildman–Crippen LogP) is 3.77. The second-order valence-electron chi connectivity index (χ2n) is 7.95. The minimum atomic E-state index is -1.12. The second kappa shape index (κ2) is 8.04. The standard InChI is InChI=1S/C25H23FN4O/c26-20-11-5-3-9-18(20)23-19-10-4-6-12-22(19)30(25(31)24(27)29-23)15-21-17-8-2-1-7-16(17)13-14-28-21/h3-6,9-14,24H,1-2,7-8,15,27H2. The van der Waals surface area contributed by atoms with E-state index in [-0.39, 0.29) is 5.91 Å². The van der Waals surface area contributed by atoms with Crippen LogP contribution in [0.15, 0.2) is 65.8 Å². The number of nitrogens with zero attached hydrogens (tertiary/aromatic N) is 3.